The van der Waals surface area contributed by atoms with Crippen molar-refractivity contribution in [3.8, 4) is 5.82 Å². The molecule has 0 spiro atoms. The van der Waals surface area contributed by atoms with E-state index in [-0.39, 0.29) is 36.1 Å². The number of nitrogens with one attached hydrogen (secondary N) is 3. The van der Waals surface area contributed by atoms with Crippen molar-refractivity contribution in [3.63, 3.8) is 0 Å². The molecule has 2 aromatic carbocycles. The third-order valence-corrected chi connectivity index (χ3v) is 12.4. The average Bonchev–Trinajstić information content (AvgIpc) is 3.86. The van der Waals surface area contributed by atoms with Crippen LogP contribution in [-0.2, 0) is 32.9 Å². The summed E-state index contributed by atoms with van der Waals surface area (Å²) in [7, 11) is 0. The number of amides is 4. The summed E-state index contributed by atoms with van der Waals surface area (Å²) in [6, 6.07) is 15.9. The predicted octanol–water partition coefficient (Wildman–Crippen LogP) is 3.10. The molecule has 3 aliphatic heterocycles. The summed E-state index contributed by atoms with van der Waals surface area (Å²) in [5.74, 6) is -1.30. The van der Waals surface area contributed by atoms with E-state index in [1.807, 2.05) is 31.2 Å². The van der Waals surface area contributed by atoms with Crippen molar-refractivity contribution in [2.24, 2.45) is 0 Å². The maximum atomic E-state index is 13.5. The van der Waals surface area contributed by atoms with Gasteiger partial charge in [-0.2, -0.15) is 4.98 Å². The van der Waals surface area contributed by atoms with Gasteiger partial charge in [0.05, 0.1) is 36.6 Å². The number of carbonyl (C=O) groups is 4. The minimum absolute atomic E-state index is 0.0719. The molecule has 0 saturated carbocycles. The molecule has 18 heteroatoms. The molecule has 2 fully saturated rings. The van der Waals surface area contributed by atoms with Gasteiger partial charge in [0.25, 0.3) is 17.4 Å². The first kappa shape index (κ1) is 41.6. The molecule has 4 aliphatic rings. The number of nitrogens with zero attached hydrogens (tertiary/aromatic N) is 8. The van der Waals surface area contributed by atoms with E-state index >= 15 is 0 Å². The number of carbonyl (C=O) groups excluding carboxylic acids is 4. The highest BCUT2D eigenvalue weighted by atomic mass is 16.5. The number of benzene rings is 2. The van der Waals surface area contributed by atoms with Crippen LogP contribution in [0.25, 0.3) is 16.9 Å². The van der Waals surface area contributed by atoms with E-state index in [9.17, 15) is 29.1 Å². The summed E-state index contributed by atoms with van der Waals surface area (Å²) in [6.45, 7) is 11.8. The summed E-state index contributed by atoms with van der Waals surface area (Å²) in [4.78, 5) is 83.3. The number of rotatable bonds is 15. The van der Waals surface area contributed by atoms with Crippen LogP contribution in [-0.4, -0.2) is 121 Å². The van der Waals surface area contributed by atoms with Gasteiger partial charge in [-0.1, -0.05) is 19.1 Å². The zero-order valence-corrected chi connectivity index (χ0v) is 35.0. The summed E-state index contributed by atoms with van der Waals surface area (Å²) < 4.78 is 9.12. The van der Waals surface area contributed by atoms with Gasteiger partial charge in [-0.3, -0.25) is 39.1 Å². The number of hydrogen-bond acceptors (Lipinski definition) is 14. The number of aliphatic hydroxyl groups is 1. The van der Waals surface area contributed by atoms with Gasteiger partial charge < -0.3 is 25.4 Å². The quantitative estimate of drug-likeness (QED) is 0.0678. The van der Waals surface area contributed by atoms with Crippen molar-refractivity contribution in [2.75, 3.05) is 68.0 Å². The number of piperazine rings is 1. The Kier molecular flexibility index (Phi) is 11.3. The van der Waals surface area contributed by atoms with Crippen LogP contribution in [0.3, 0.4) is 0 Å². The lowest BCUT2D eigenvalue weighted by atomic mass is 9.98. The zero-order chi connectivity index (χ0) is 43.8. The third kappa shape index (κ3) is 7.96. The number of anilines is 4. The average molecular weight is 856 g/mol. The second-order valence-corrected chi connectivity index (χ2v) is 16.2. The smallest absolute Gasteiger partial charge is 0.278 e. The summed E-state index contributed by atoms with van der Waals surface area (Å²) in [5.41, 5.74) is 3.82. The van der Waals surface area contributed by atoms with Crippen LogP contribution in [0.2, 0.25) is 0 Å². The molecule has 9 rings (SSSR count). The second-order valence-electron chi connectivity index (χ2n) is 16.2. The van der Waals surface area contributed by atoms with Crippen LogP contribution < -0.4 is 26.4 Å². The van der Waals surface area contributed by atoms with E-state index in [0.29, 0.717) is 66.8 Å². The van der Waals surface area contributed by atoms with E-state index in [1.165, 1.54) is 10.9 Å². The number of aromatic nitrogens is 5. The monoisotopic (exact) mass is 855 g/mol. The van der Waals surface area contributed by atoms with Crippen LogP contribution in [0.15, 0.2) is 78.2 Å². The number of aryl methyl sites for hydroxylation is 1. The molecule has 4 N–H and O–H groups in total. The Balaban J connectivity index is 0.745. The minimum Gasteiger partial charge on any atom is -0.384 e. The molecule has 63 heavy (non-hydrogen) atoms. The molecule has 2 saturated heterocycles. The highest BCUT2D eigenvalue weighted by Crippen LogP contribution is 2.38. The molecule has 2 atom stereocenters. The Morgan fingerprint density at radius 1 is 0.937 bits per heavy atom. The number of piperidine rings is 1. The first-order valence-corrected chi connectivity index (χ1v) is 21.4. The Labute approximate surface area is 362 Å². The molecule has 18 nitrogen and oxygen atoms in total. The summed E-state index contributed by atoms with van der Waals surface area (Å²) >= 11 is 0. The number of ether oxygens (including phenoxy) is 1. The first-order valence-electron chi connectivity index (χ1n) is 21.4. The largest absolute Gasteiger partial charge is 0.384 e. The first-order chi connectivity index (χ1) is 30.5. The molecule has 3 aromatic heterocycles. The number of imide groups is 2. The highest BCUT2D eigenvalue weighted by Gasteiger charge is 2.44. The van der Waals surface area contributed by atoms with Crippen LogP contribution in [0.4, 0.5) is 23.0 Å². The number of pyridine rings is 1. The molecular formula is C45H49N11O7. The van der Waals surface area contributed by atoms with E-state index in [4.69, 9.17) is 14.7 Å². The standard InChI is InChI=1S/C45H49N11O7/c1-3-18-54-41(59)34-27-47-44(51-39(34)56(54)36-13-5-28-15-16-45(62,4-2)38(28)49-36)48-29-6-9-31(10-7-29)53-21-19-52(20-22-53)23-25-63-24-17-46-30-8-11-32-33(26-30)43(61)55(42(32)60)35-12-14-37(57)50-40(35)58/h3,5-11,13,26-27,35,46,62H,1,4,12,14-25H2,2H3,(H,47,48,51)(H,50,57,58)/t35?,45-/m1/s1. The van der Waals surface area contributed by atoms with Gasteiger partial charge in [0, 0.05) is 68.9 Å². The fraction of sp³-hybridized carbons (Fsp3) is 0.378. The van der Waals surface area contributed by atoms with E-state index in [1.54, 1.807) is 29.0 Å². The molecular weight excluding hydrogens is 807 g/mol. The summed E-state index contributed by atoms with van der Waals surface area (Å²) in [6.07, 6.45) is 5.26. The van der Waals surface area contributed by atoms with Crippen molar-refractivity contribution in [2.45, 2.75) is 57.2 Å². The number of fused-ring (bicyclic) bond motifs is 3. The van der Waals surface area contributed by atoms with Crippen LogP contribution in [0.1, 0.15) is 64.6 Å². The van der Waals surface area contributed by atoms with Gasteiger partial charge >= 0.3 is 0 Å². The highest BCUT2D eigenvalue weighted by molar-refractivity contribution is 6.23. The van der Waals surface area contributed by atoms with Crippen LogP contribution in [0, 0.1) is 0 Å². The molecule has 326 valence electrons. The van der Waals surface area contributed by atoms with Crippen LogP contribution in [0.5, 0.6) is 0 Å². The molecule has 4 amide bonds. The zero-order valence-electron chi connectivity index (χ0n) is 35.0. The van der Waals surface area contributed by atoms with Gasteiger partial charge in [0.15, 0.2) is 11.5 Å². The van der Waals surface area contributed by atoms with Gasteiger partial charge in [0.2, 0.25) is 17.8 Å². The lowest BCUT2D eigenvalue weighted by Gasteiger charge is -2.36. The predicted molar refractivity (Wildman–Crippen MR) is 234 cm³/mol. The number of hydrogen-bond donors (Lipinski definition) is 4. The fourth-order valence-corrected chi connectivity index (χ4v) is 8.87. The number of allylic oxidation sites excluding steroid dienone is 1. The molecule has 5 aromatic rings. The fourth-order valence-electron chi connectivity index (χ4n) is 8.87. The van der Waals surface area contributed by atoms with Crippen molar-refractivity contribution >= 4 is 57.7 Å². The molecule has 0 radical (unpaired) electrons. The van der Waals surface area contributed by atoms with Gasteiger partial charge in [-0.05, 0) is 79.8 Å². The molecule has 0 bridgehead atoms. The van der Waals surface area contributed by atoms with E-state index < -0.39 is 35.3 Å². The lowest BCUT2D eigenvalue weighted by molar-refractivity contribution is -0.136. The van der Waals surface area contributed by atoms with Crippen molar-refractivity contribution in [3.05, 3.63) is 106 Å². The van der Waals surface area contributed by atoms with Crippen LogP contribution >= 0.6 is 0 Å². The normalized spacial score (nSPS) is 20.0. The van der Waals surface area contributed by atoms with Gasteiger partial charge in [0.1, 0.15) is 17.0 Å². The van der Waals surface area contributed by atoms with Crippen molar-refractivity contribution < 1.29 is 29.0 Å². The Bertz CT molecular complexity index is 2690. The third-order valence-electron chi connectivity index (χ3n) is 12.4. The maximum Gasteiger partial charge on any atom is 0.278 e. The Hall–Kier alpha value is -6.76. The lowest BCUT2D eigenvalue weighted by Crippen LogP contribution is -2.54. The molecule has 1 unspecified atom stereocenters. The van der Waals surface area contributed by atoms with Crippen molar-refractivity contribution in [1.82, 2.24) is 39.4 Å². The maximum absolute atomic E-state index is 13.5. The van der Waals surface area contributed by atoms with Gasteiger partial charge in [-0.15, -0.1) is 6.58 Å². The molecule has 6 heterocycles. The molecule has 1 aliphatic carbocycles. The van der Waals surface area contributed by atoms with E-state index in [2.05, 4.69) is 49.4 Å². The Morgan fingerprint density at radius 3 is 2.48 bits per heavy atom. The van der Waals surface area contributed by atoms with E-state index in [0.717, 1.165) is 61.0 Å². The SMILES string of the molecule is C=CCn1c(=O)c2cnc(Nc3ccc(N4CCN(CCOCCNc5ccc6c(c5)C(=O)N(C5CCC(=O)NC5=O)C6=O)CC4)cc3)nc2n1-c1ccc2c(n1)[C@@](O)(CC)CC2. The minimum atomic E-state index is -1.01. The Morgan fingerprint density at radius 2 is 1.71 bits per heavy atom. The van der Waals surface area contributed by atoms with Gasteiger partial charge in [-0.25, -0.2) is 19.3 Å². The summed E-state index contributed by atoms with van der Waals surface area (Å²) in [5, 5.41) is 20.4. The topological polar surface area (TPSA) is 209 Å². The van der Waals surface area contributed by atoms with Crippen molar-refractivity contribution in [1.29, 1.82) is 0 Å². The second kappa shape index (κ2) is 17.2.